The van der Waals surface area contributed by atoms with Crippen molar-refractivity contribution in [3.63, 3.8) is 0 Å². The van der Waals surface area contributed by atoms with Gasteiger partial charge >= 0.3 is 0 Å². The quantitative estimate of drug-likeness (QED) is 0.550. The summed E-state index contributed by atoms with van der Waals surface area (Å²) in [5.74, 6) is 0. The highest BCUT2D eigenvalue weighted by Gasteiger charge is 2.32. The number of aliphatic hydroxyl groups is 2. The first-order chi connectivity index (χ1) is 14.9. The van der Waals surface area contributed by atoms with Crippen LogP contribution >= 0.6 is 9.24 Å². The lowest BCUT2D eigenvalue weighted by Gasteiger charge is -2.34. The maximum absolute atomic E-state index is 10.2. The van der Waals surface area contributed by atoms with E-state index in [9.17, 15) is 10.2 Å². The third kappa shape index (κ3) is 5.18. The molecule has 2 aliphatic carbocycles. The van der Waals surface area contributed by atoms with Crippen LogP contribution in [0.4, 0.5) is 0 Å². The Labute approximate surface area is 189 Å². The van der Waals surface area contributed by atoms with Gasteiger partial charge in [-0.3, -0.25) is 0 Å². The average molecular weight is 439 g/mol. The van der Waals surface area contributed by atoms with Crippen molar-refractivity contribution in [1.82, 2.24) is 0 Å². The van der Waals surface area contributed by atoms with E-state index in [0.29, 0.717) is 12.8 Å². The van der Waals surface area contributed by atoms with E-state index < -0.39 is 6.10 Å². The predicted molar refractivity (Wildman–Crippen MR) is 132 cm³/mol. The van der Waals surface area contributed by atoms with Crippen LogP contribution in [0.2, 0.25) is 0 Å². The van der Waals surface area contributed by atoms with Crippen molar-refractivity contribution >= 4 is 14.5 Å². The van der Waals surface area contributed by atoms with E-state index in [4.69, 9.17) is 4.74 Å². The average Bonchev–Trinajstić information content (AvgIpc) is 3.06. The van der Waals surface area contributed by atoms with Crippen molar-refractivity contribution in [2.24, 2.45) is 0 Å². The van der Waals surface area contributed by atoms with Crippen LogP contribution in [0.5, 0.6) is 0 Å². The number of benzene rings is 1. The summed E-state index contributed by atoms with van der Waals surface area (Å²) >= 11 is 0. The van der Waals surface area contributed by atoms with Gasteiger partial charge in [-0.1, -0.05) is 88.4 Å². The summed E-state index contributed by atoms with van der Waals surface area (Å²) in [6.07, 6.45) is 0.0958. The van der Waals surface area contributed by atoms with Crippen LogP contribution in [0.1, 0.15) is 63.3 Å². The Bertz CT molecular complexity index is 938. The summed E-state index contributed by atoms with van der Waals surface area (Å²) in [4.78, 5) is 0. The fourth-order valence-corrected chi connectivity index (χ4v) is 4.91. The molecular weight excluding hydrogens is 403 g/mol. The van der Waals surface area contributed by atoms with Crippen LogP contribution in [-0.4, -0.2) is 29.0 Å². The maximum atomic E-state index is 10.2. The first kappa shape index (κ1) is 23.9. The van der Waals surface area contributed by atoms with Crippen molar-refractivity contribution in [3.05, 3.63) is 77.4 Å². The number of fused-ring (bicyclic) bond motifs is 1. The Morgan fingerprint density at radius 2 is 1.61 bits per heavy atom. The number of aliphatic hydroxyl groups excluding tert-OH is 2. The van der Waals surface area contributed by atoms with E-state index in [2.05, 4.69) is 77.7 Å². The maximum Gasteiger partial charge on any atom is 0.0854 e. The summed E-state index contributed by atoms with van der Waals surface area (Å²) in [5, 5.41) is 20.9. The number of hydrogen-bond acceptors (Lipinski definition) is 3. The van der Waals surface area contributed by atoms with Gasteiger partial charge in [0.1, 0.15) is 0 Å². The van der Waals surface area contributed by atoms with E-state index in [0.717, 1.165) is 10.9 Å². The van der Waals surface area contributed by atoms with Crippen LogP contribution in [0.25, 0.3) is 11.1 Å². The number of rotatable bonds is 4. The molecule has 0 spiro atoms. The molecule has 0 amide bonds. The molecule has 3 aliphatic rings. The first-order valence-corrected chi connectivity index (χ1v) is 11.8. The smallest absolute Gasteiger partial charge is 0.0854 e. The molecule has 0 aromatic heterocycles. The van der Waals surface area contributed by atoms with Crippen LogP contribution in [0.3, 0.4) is 0 Å². The van der Waals surface area contributed by atoms with E-state index in [1.54, 1.807) is 0 Å². The summed E-state index contributed by atoms with van der Waals surface area (Å²) in [6, 6.07) is 21.4. The molecule has 1 fully saturated rings. The Balaban J connectivity index is 0.00000132. The van der Waals surface area contributed by atoms with Gasteiger partial charge in [-0.05, 0) is 33.1 Å². The van der Waals surface area contributed by atoms with Gasteiger partial charge in [0.2, 0.25) is 0 Å². The molecule has 166 valence electrons. The molecule has 1 aromatic carbocycles. The zero-order valence-corrected chi connectivity index (χ0v) is 20.2. The third-order valence-electron chi connectivity index (χ3n) is 6.15. The second-order valence-electron chi connectivity index (χ2n) is 8.59. The first-order valence-electron chi connectivity index (χ1n) is 11.2. The Morgan fingerprint density at radius 3 is 2.23 bits per heavy atom. The molecule has 3 nitrogen and oxygen atoms in total. The topological polar surface area (TPSA) is 49.7 Å². The van der Waals surface area contributed by atoms with Gasteiger partial charge in [0, 0.05) is 18.3 Å². The molecule has 4 atom stereocenters. The molecule has 2 N–H and O–H groups in total. The highest BCUT2D eigenvalue weighted by Crippen LogP contribution is 2.39. The second kappa shape index (κ2) is 10.2. The van der Waals surface area contributed by atoms with Gasteiger partial charge < -0.3 is 14.9 Å². The van der Waals surface area contributed by atoms with Crippen LogP contribution in [0.15, 0.2) is 60.7 Å². The standard InChI is InChI=1S/C25H29O3P.C2H6/c1-25(2,19-10-16-6-4-3-5-7-17(16)11-19)22-12-18(8-9-24(22)29)23-14-20(27)13-21(15-26)28-23;1-2/h3-12,20-21,23,26-27H,13-15,29H2,1-2H3;1-2H3. The van der Waals surface area contributed by atoms with E-state index in [-0.39, 0.29) is 24.2 Å². The molecule has 4 unspecified atom stereocenters. The minimum absolute atomic E-state index is 0.0643. The highest BCUT2D eigenvalue weighted by atomic mass is 31.0. The summed E-state index contributed by atoms with van der Waals surface area (Å²) in [6.45, 7) is 8.44. The molecule has 0 bridgehead atoms. The van der Waals surface area contributed by atoms with Crippen LogP contribution < -0.4 is 5.30 Å². The number of ether oxygens (including phenoxy) is 1. The lowest BCUT2D eigenvalue weighted by molar-refractivity contribution is -0.113. The molecule has 1 aliphatic heterocycles. The SMILES string of the molecule is CC.CC(C)(c1cc2cccccc-2c1)c1cc(C2CC(O)CC(CO)O2)ccc1P. The van der Waals surface area contributed by atoms with Crippen LogP contribution in [0, 0.1) is 0 Å². The number of hydrogen-bond donors (Lipinski definition) is 2. The minimum atomic E-state index is -0.445. The molecule has 0 saturated carbocycles. The Hall–Kier alpha value is -1.77. The molecule has 31 heavy (non-hydrogen) atoms. The predicted octanol–water partition coefficient (Wildman–Crippen LogP) is 5.22. The molecule has 1 saturated heterocycles. The normalized spacial score (nSPS) is 21.5. The molecule has 4 heteroatoms. The van der Waals surface area contributed by atoms with Gasteiger partial charge in [0.05, 0.1) is 24.9 Å². The van der Waals surface area contributed by atoms with Crippen molar-refractivity contribution in [2.75, 3.05) is 6.61 Å². The van der Waals surface area contributed by atoms with E-state index in [1.807, 2.05) is 19.9 Å². The Kier molecular flexibility index (Phi) is 7.88. The fourth-order valence-electron chi connectivity index (χ4n) is 4.37. The van der Waals surface area contributed by atoms with Gasteiger partial charge in [0.25, 0.3) is 0 Å². The summed E-state index contributed by atoms with van der Waals surface area (Å²) < 4.78 is 6.05. The lowest BCUT2D eigenvalue weighted by atomic mass is 9.78. The fraction of sp³-hybridized carbons (Fsp3) is 0.407. The lowest BCUT2D eigenvalue weighted by Crippen LogP contribution is -2.34. The third-order valence-corrected chi connectivity index (χ3v) is 6.66. The molecule has 0 radical (unpaired) electrons. The highest BCUT2D eigenvalue weighted by molar-refractivity contribution is 7.27. The van der Waals surface area contributed by atoms with Gasteiger partial charge in [0.15, 0.2) is 0 Å². The molecule has 1 aromatic rings. The minimum Gasteiger partial charge on any atom is -0.394 e. The second-order valence-corrected chi connectivity index (χ2v) is 9.21. The van der Waals surface area contributed by atoms with Crippen molar-refractivity contribution in [3.8, 4) is 11.1 Å². The summed E-state index contributed by atoms with van der Waals surface area (Å²) in [5.41, 5.74) is 5.85. The summed E-state index contributed by atoms with van der Waals surface area (Å²) in [7, 11) is 2.86. The zero-order valence-electron chi connectivity index (χ0n) is 19.0. The van der Waals surface area contributed by atoms with Crippen LogP contribution in [-0.2, 0) is 10.2 Å². The van der Waals surface area contributed by atoms with Gasteiger partial charge in [-0.2, -0.15) is 0 Å². The van der Waals surface area contributed by atoms with E-state index in [1.165, 1.54) is 22.3 Å². The molecule has 4 rings (SSSR count). The Morgan fingerprint density at radius 1 is 0.968 bits per heavy atom. The molecular formula is C27H35O3P. The molecule has 1 heterocycles. The zero-order chi connectivity index (χ0) is 22.6. The van der Waals surface area contributed by atoms with Gasteiger partial charge in [-0.25, -0.2) is 0 Å². The van der Waals surface area contributed by atoms with Crippen molar-refractivity contribution < 1.29 is 14.9 Å². The monoisotopic (exact) mass is 438 g/mol. The van der Waals surface area contributed by atoms with Crippen molar-refractivity contribution in [1.29, 1.82) is 0 Å². The van der Waals surface area contributed by atoms with Gasteiger partial charge in [-0.15, -0.1) is 9.24 Å². The van der Waals surface area contributed by atoms with E-state index >= 15 is 0 Å². The largest absolute Gasteiger partial charge is 0.394 e. The van der Waals surface area contributed by atoms with Crippen molar-refractivity contribution in [2.45, 2.75) is 64.3 Å².